The van der Waals surface area contributed by atoms with Crippen molar-refractivity contribution in [3.8, 4) is 0 Å². The van der Waals surface area contributed by atoms with Crippen LogP contribution in [0.15, 0.2) is 24.3 Å². The van der Waals surface area contributed by atoms with Crippen molar-refractivity contribution in [1.29, 1.82) is 0 Å². The molecule has 0 amide bonds. The van der Waals surface area contributed by atoms with E-state index >= 15 is 0 Å². The van der Waals surface area contributed by atoms with Crippen LogP contribution in [0.25, 0.3) is 6.08 Å². The normalized spacial score (nSPS) is 20.9. The Morgan fingerprint density at radius 1 is 1.35 bits per heavy atom. The highest BCUT2D eigenvalue weighted by atomic mass is 19.1. The van der Waals surface area contributed by atoms with Crippen LogP contribution in [0.5, 0.6) is 0 Å². The summed E-state index contributed by atoms with van der Waals surface area (Å²) in [4.78, 5) is 23.2. The Morgan fingerprint density at radius 3 is 2.80 bits per heavy atom. The molecule has 0 saturated heterocycles. The van der Waals surface area contributed by atoms with Gasteiger partial charge >= 0.3 is 5.97 Å². The van der Waals surface area contributed by atoms with Gasteiger partial charge in [0.15, 0.2) is 5.78 Å². The van der Waals surface area contributed by atoms with Gasteiger partial charge in [-0.05, 0) is 43.7 Å². The first kappa shape index (κ1) is 14.4. The number of ketones is 1. The molecular weight excluding hydrogens is 266 g/mol. The van der Waals surface area contributed by atoms with E-state index in [2.05, 4.69) is 0 Å². The number of benzene rings is 1. The molecule has 2 atom stereocenters. The van der Waals surface area contributed by atoms with Gasteiger partial charge in [-0.25, -0.2) is 8.78 Å². The summed E-state index contributed by atoms with van der Waals surface area (Å²) in [6.07, 6.45) is 2.86. The van der Waals surface area contributed by atoms with Gasteiger partial charge in [-0.3, -0.25) is 9.59 Å². The van der Waals surface area contributed by atoms with Crippen molar-refractivity contribution in [3.05, 3.63) is 41.5 Å². The van der Waals surface area contributed by atoms with E-state index in [-0.39, 0.29) is 23.9 Å². The van der Waals surface area contributed by atoms with Gasteiger partial charge < -0.3 is 4.74 Å². The first-order valence-corrected chi connectivity index (χ1v) is 6.36. The van der Waals surface area contributed by atoms with Crippen LogP contribution in [0.3, 0.4) is 0 Å². The van der Waals surface area contributed by atoms with Crippen LogP contribution in [-0.2, 0) is 14.3 Å². The van der Waals surface area contributed by atoms with Crippen LogP contribution in [0.2, 0.25) is 0 Å². The van der Waals surface area contributed by atoms with Crippen molar-refractivity contribution in [2.75, 3.05) is 6.61 Å². The van der Waals surface area contributed by atoms with E-state index in [0.29, 0.717) is 6.42 Å². The van der Waals surface area contributed by atoms with Crippen LogP contribution >= 0.6 is 0 Å². The monoisotopic (exact) mass is 280 g/mol. The molecule has 2 rings (SSSR count). The molecule has 1 aliphatic rings. The third-order valence-corrected chi connectivity index (χ3v) is 3.13. The van der Waals surface area contributed by atoms with Gasteiger partial charge in [-0.2, -0.15) is 0 Å². The lowest BCUT2D eigenvalue weighted by molar-refractivity contribution is -0.145. The maximum atomic E-state index is 13.3. The van der Waals surface area contributed by atoms with Gasteiger partial charge in [0.05, 0.1) is 12.5 Å². The van der Waals surface area contributed by atoms with E-state index in [9.17, 15) is 18.4 Å². The zero-order valence-electron chi connectivity index (χ0n) is 10.9. The molecule has 0 aromatic heterocycles. The third kappa shape index (κ3) is 3.29. The van der Waals surface area contributed by atoms with Crippen molar-refractivity contribution in [2.24, 2.45) is 11.8 Å². The summed E-state index contributed by atoms with van der Waals surface area (Å²) in [5, 5.41) is 0. The predicted octanol–water partition coefficient (Wildman–Crippen LogP) is 2.75. The molecule has 5 heteroatoms. The van der Waals surface area contributed by atoms with Crippen molar-refractivity contribution in [1.82, 2.24) is 0 Å². The minimum absolute atomic E-state index is 0.00619. The van der Waals surface area contributed by atoms with E-state index < -0.39 is 23.5 Å². The maximum Gasteiger partial charge on any atom is 0.309 e. The summed E-state index contributed by atoms with van der Waals surface area (Å²) in [7, 11) is 0. The highest BCUT2D eigenvalue weighted by Crippen LogP contribution is 2.40. The second kappa shape index (κ2) is 5.94. The fourth-order valence-electron chi connectivity index (χ4n) is 1.96. The topological polar surface area (TPSA) is 43.4 Å². The summed E-state index contributed by atoms with van der Waals surface area (Å²) in [6.45, 7) is 1.98. The van der Waals surface area contributed by atoms with E-state index in [0.717, 1.165) is 18.2 Å². The fourth-order valence-corrected chi connectivity index (χ4v) is 1.96. The lowest BCUT2D eigenvalue weighted by atomic mass is 10.1. The Bertz CT molecular complexity index is 566. The average Bonchev–Trinajstić information content (AvgIpc) is 3.20. The number of halogens is 2. The van der Waals surface area contributed by atoms with E-state index in [1.54, 1.807) is 6.92 Å². The zero-order chi connectivity index (χ0) is 14.7. The third-order valence-electron chi connectivity index (χ3n) is 3.13. The van der Waals surface area contributed by atoms with Gasteiger partial charge in [-0.15, -0.1) is 0 Å². The summed E-state index contributed by atoms with van der Waals surface area (Å²) in [5.74, 6) is -2.63. The van der Waals surface area contributed by atoms with Gasteiger partial charge in [-0.1, -0.05) is 0 Å². The van der Waals surface area contributed by atoms with Crippen LogP contribution in [-0.4, -0.2) is 18.4 Å². The minimum Gasteiger partial charge on any atom is -0.466 e. The summed E-state index contributed by atoms with van der Waals surface area (Å²) in [6, 6.07) is 3.01. The summed E-state index contributed by atoms with van der Waals surface area (Å²) >= 11 is 0. The van der Waals surface area contributed by atoms with Crippen molar-refractivity contribution in [3.63, 3.8) is 0 Å². The number of esters is 1. The van der Waals surface area contributed by atoms with E-state index in [1.807, 2.05) is 0 Å². The van der Waals surface area contributed by atoms with Crippen LogP contribution < -0.4 is 0 Å². The molecule has 1 saturated carbocycles. The zero-order valence-corrected chi connectivity index (χ0v) is 10.9. The molecule has 0 spiro atoms. The SMILES string of the molecule is CCOC(=O)[C@H]1C[C@@H]1C(=O)/C=C/c1cc(F)ccc1F. The minimum atomic E-state index is -0.604. The van der Waals surface area contributed by atoms with Crippen molar-refractivity contribution >= 4 is 17.8 Å². The first-order valence-electron chi connectivity index (χ1n) is 6.36. The molecule has 0 N–H and O–H groups in total. The molecule has 0 aliphatic heterocycles. The standard InChI is InChI=1S/C15H14F2O3/c1-2-20-15(19)12-8-11(12)14(18)6-3-9-7-10(16)4-5-13(9)17/h3-7,11-12H,2,8H2,1H3/b6-3+/t11-,12-/m0/s1. The molecular formula is C15H14F2O3. The summed E-state index contributed by atoms with van der Waals surface area (Å²) in [5.41, 5.74) is 0.00619. The van der Waals surface area contributed by atoms with E-state index in [1.165, 1.54) is 12.2 Å². The quantitative estimate of drug-likeness (QED) is 0.615. The predicted molar refractivity (Wildman–Crippen MR) is 68.6 cm³/mol. The van der Waals surface area contributed by atoms with Gasteiger partial charge in [0.25, 0.3) is 0 Å². The van der Waals surface area contributed by atoms with Crippen LogP contribution in [0.4, 0.5) is 8.78 Å². The molecule has 0 unspecified atom stereocenters. The Morgan fingerprint density at radius 2 is 2.10 bits per heavy atom. The number of ether oxygens (including phenoxy) is 1. The Kier molecular flexibility index (Phi) is 4.27. The first-order chi connectivity index (χ1) is 9.52. The van der Waals surface area contributed by atoms with Gasteiger partial charge in [0.1, 0.15) is 11.6 Å². The number of carbonyl (C=O) groups excluding carboxylic acids is 2. The molecule has 0 radical (unpaired) electrons. The molecule has 0 bridgehead atoms. The van der Waals surface area contributed by atoms with E-state index in [4.69, 9.17) is 4.74 Å². The van der Waals surface area contributed by atoms with Gasteiger partial charge in [0.2, 0.25) is 0 Å². The highest BCUT2D eigenvalue weighted by Gasteiger charge is 2.47. The largest absolute Gasteiger partial charge is 0.466 e. The van der Waals surface area contributed by atoms with Crippen LogP contribution in [0, 0.1) is 23.5 Å². The molecule has 1 fully saturated rings. The fraction of sp³-hybridized carbons (Fsp3) is 0.333. The molecule has 1 aliphatic carbocycles. The van der Waals surface area contributed by atoms with Gasteiger partial charge in [0, 0.05) is 11.5 Å². The number of rotatable bonds is 5. The van der Waals surface area contributed by atoms with Crippen LogP contribution in [0.1, 0.15) is 18.9 Å². The molecule has 1 aromatic rings. The van der Waals surface area contributed by atoms with Crippen molar-refractivity contribution in [2.45, 2.75) is 13.3 Å². The maximum absolute atomic E-state index is 13.3. The molecule has 20 heavy (non-hydrogen) atoms. The Balaban J connectivity index is 1.97. The second-order valence-electron chi connectivity index (χ2n) is 4.60. The number of allylic oxidation sites excluding steroid dienone is 1. The lowest BCUT2D eigenvalue weighted by Crippen LogP contribution is -2.10. The summed E-state index contributed by atoms with van der Waals surface area (Å²) < 4.78 is 31.1. The molecule has 3 nitrogen and oxygen atoms in total. The number of carbonyl (C=O) groups is 2. The lowest BCUT2D eigenvalue weighted by Gasteiger charge is -1.99. The molecule has 106 valence electrons. The Labute approximate surface area is 115 Å². The number of hydrogen-bond donors (Lipinski definition) is 0. The molecule has 0 heterocycles. The number of hydrogen-bond acceptors (Lipinski definition) is 3. The molecule has 1 aromatic carbocycles. The smallest absolute Gasteiger partial charge is 0.309 e. The highest BCUT2D eigenvalue weighted by molar-refractivity contribution is 6.00. The second-order valence-corrected chi connectivity index (χ2v) is 4.60. The average molecular weight is 280 g/mol. The van der Waals surface area contributed by atoms with Crippen molar-refractivity contribution < 1.29 is 23.1 Å². The Hall–Kier alpha value is -2.04.